The second-order valence-corrected chi connectivity index (χ2v) is 8.77. The van der Waals surface area contributed by atoms with Crippen molar-refractivity contribution in [3.05, 3.63) is 41.3 Å². The van der Waals surface area contributed by atoms with Crippen LogP contribution in [0.15, 0.2) is 28.8 Å². The zero-order valence-corrected chi connectivity index (χ0v) is 16.7. The van der Waals surface area contributed by atoms with E-state index in [1.165, 1.54) is 0 Å². The number of rotatable bonds is 3. The summed E-state index contributed by atoms with van der Waals surface area (Å²) in [4.78, 5) is 0. The van der Waals surface area contributed by atoms with Gasteiger partial charge in [0, 0.05) is 34.5 Å². The van der Waals surface area contributed by atoms with E-state index in [0.717, 1.165) is 39.2 Å². The summed E-state index contributed by atoms with van der Waals surface area (Å²) >= 11 is 0. The molecule has 0 aliphatic heterocycles. The smallest absolute Gasteiger partial charge is 0.143 e. The number of aromatic nitrogens is 2. The molecule has 5 heteroatoms. The van der Waals surface area contributed by atoms with E-state index in [1.54, 1.807) is 0 Å². The molecule has 3 N–H and O–H groups in total. The Kier molecular flexibility index (Phi) is 4.28. The van der Waals surface area contributed by atoms with Gasteiger partial charge >= 0.3 is 0 Å². The highest BCUT2D eigenvalue weighted by atomic mass is 16.5. The molecule has 1 unspecified atom stereocenters. The summed E-state index contributed by atoms with van der Waals surface area (Å²) in [6, 6.07) is 8.07. The number of aryl methyl sites for hydroxylation is 2. The summed E-state index contributed by atoms with van der Waals surface area (Å²) in [6.45, 7) is 11.9. The average molecular weight is 355 g/mol. The monoisotopic (exact) mass is 355 g/mol. The van der Waals surface area contributed by atoms with E-state index in [2.05, 4.69) is 36.6 Å². The minimum Gasteiger partial charge on any atom is -0.386 e. The molecule has 0 spiro atoms. The summed E-state index contributed by atoms with van der Waals surface area (Å²) < 4.78 is 7.68. The molecule has 0 fully saturated rings. The first-order valence-corrected chi connectivity index (χ1v) is 8.96. The lowest BCUT2D eigenvalue weighted by atomic mass is 9.84. The van der Waals surface area contributed by atoms with Crippen molar-refractivity contribution >= 4 is 10.9 Å². The first-order chi connectivity index (χ1) is 11.9. The molecule has 0 amide bonds. The van der Waals surface area contributed by atoms with E-state index < -0.39 is 11.6 Å². The van der Waals surface area contributed by atoms with Gasteiger partial charge in [-0.25, -0.2) is 0 Å². The normalized spacial score (nSPS) is 14.2. The minimum absolute atomic E-state index is 0.190. The van der Waals surface area contributed by atoms with Crippen LogP contribution in [0.25, 0.3) is 22.2 Å². The Morgan fingerprint density at radius 3 is 2.35 bits per heavy atom. The third-order valence-electron chi connectivity index (χ3n) is 4.93. The number of fused-ring (bicyclic) bond motifs is 1. The molecular weight excluding hydrogens is 326 g/mol. The maximum atomic E-state index is 11.1. The minimum atomic E-state index is -0.828. The Balaban J connectivity index is 2.45. The summed E-state index contributed by atoms with van der Waals surface area (Å²) in [5.41, 5.74) is 9.93. The number of hydrogen-bond acceptors (Lipinski definition) is 4. The van der Waals surface area contributed by atoms with Gasteiger partial charge in [0.25, 0.3) is 0 Å². The van der Waals surface area contributed by atoms with Crippen LogP contribution in [0.3, 0.4) is 0 Å². The van der Waals surface area contributed by atoms with Crippen LogP contribution < -0.4 is 5.73 Å². The first-order valence-electron chi connectivity index (χ1n) is 8.96. The van der Waals surface area contributed by atoms with E-state index in [0.29, 0.717) is 0 Å². The van der Waals surface area contributed by atoms with Gasteiger partial charge < -0.3 is 19.9 Å². The summed E-state index contributed by atoms with van der Waals surface area (Å²) in [5.74, 6) is 0.740. The fourth-order valence-corrected chi connectivity index (χ4v) is 3.54. The van der Waals surface area contributed by atoms with Crippen molar-refractivity contribution in [3.63, 3.8) is 0 Å². The first kappa shape index (κ1) is 18.7. The third kappa shape index (κ3) is 2.85. The number of aliphatic hydroxyl groups excluding tert-OH is 1. The lowest BCUT2D eigenvalue weighted by Gasteiger charge is -2.27. The predicted octanol–water partition coefficient (Wildman–Crippen LogP) is 4.21. The van der Waals surface area contributed by atoms with Gasteiger partial charge in [0.1, 0.15) is 5.76 Å². The van der Waals surface area contributed by atoms with Crippen molar-refractivity contribution in [1.82, 2.24) is 9.72 Å². The van der Waals surface area contributed by atoms with E-state index in [-0.39, 0.29) is 5.41 Å². The van der Waals surface area contributed by atoms with Crippen molar-refractivity contribution in [2.24, 2.45) is 12.8 Å². The largest absolute Gasteiger partial charge is 0.386 e. The lowest BCUT2D eigenvalue weighted by Crippen LogP contribution is -2.39. The Hall–Kier alpha value is -2.11. The van der Waals surface area contributed by atoms with Crippen molar-refractivity contribution in [2.45, 2.75) is 58.6 Å². The van der Waals surface area contributed by atoms with E-state index >= 15 is 0 Å². The molecule has 5 nitrogen and oxygen atoms in total. The average Bonchev–Trinajstić information content (AvgIpc) is 3.04. The Morgan fingerprint density at radius 2 is 1.77 bits per heavy atom. The van der Waals surface area contributed by atoms with Gasteiger partial charge in [-0.2, -0.15) is 0 Å². The van der Waals surface area contributed by atoms with Gasteiger partial charge in [0.15, 0.2) is 0 Å². The maximum Gasteiger partial charge on any atom is 0.143 e. The van der Waals surface area contributed by atoms with Crippen LogP contribution in [0.2, 0.25) is 0 Å². The van der Waals surface area contributed by atoms with Gasteiger partial charge in [0.05, 0.1) is 23.1 Å². The quantitative estimate of drug-likeness (QED) is 0.738. The highest BCUT2D eigenvalue weighted by molar-refractivity contribution is 5.93. The van der Waals surface area contributed by atoms with E-state index in [4.69, 9.17) is 10.3 Å². The van der Waals surface area contributed by atoms with Crippen LogP contribution >= 0.6 is 0 Å². The molecule has 140 valence electrons. The van der Waals surface area contributed by atoms with Gasteiger partial charge in [-0.15, -0.1) is 0 Å². The number of aliphatic hydroxyl groups is 1. The van der Waals surface area contributed by atoms with Gasteiger partial charge in [0.2, 0.25) is 0 Å². The summed E-state index contributed by atoms with van der Waals surface area (Å²) in [7, 11) is 2.01. The molecule has 0 saturated carbocycles. The van der Waals surface area contributed by atoms with Crippen LogP contribution in [0.5, 0.6) is 0 Å². The van der Waals surface area contributed by atoms with Crippen molar-refractivity contribution in [2.75, 3.05) is 0 Å². The Bertz CT molecular complexity index is 952. The van der Waals surface area contributed by atoms with Crippen LogP contribution in [0.1, 0.15) is 57.7 Å². The van der Waals surface area contributed by atoms with E-state index in [9.17, 15) is 5.11 Å². The molecule has 0 radical (unpaired) electrons. The fraction of sp³-hybridized carbons (Fsp3) is 0.476. The molecule has 0 aliphatic carbocycles. The Labute approximate surface area is 154 Å². The third-order valence-corrected chi connectivity index (χ3v) is 4.93. The maximum absolute atomic E-state index is 11.1. The summed E-state index contributed by atoms with van der Waals surface area (Å²) in [5, 5.41) is 16.5. The number of benzene rings is 1. The number of para-hydroxylation sites is 1. The molecule has 26 heavy (non-hydrogen) atoms. The summed E-state index contributed by atoms with van der Waals surface area (Å²) in [6.07, 6.45) is -0.828. The Morgan fingerprint density at radius 1 is 1.15 bits per heavy atom. The zero-order chi connectivity index (χ0) is 19.4. The standard InChI is InChI=1S/C21H29N3O2/c1-12-15(18(23-26-12)20(2,3)4)17-16(19(25)21(5,6)22)13-10-8-9-11-14(13)24(17)7/h8-11,19,25H,22H2,1-7H3. The second-order valence-electron chi connectivity index (χ2n) is 8.77. The molecule has 1 aromatic carbocycles. The molecule has 0 aliphatic rings. The predicted molar refractivity (Wildman–Crippen MR) is 105 cm³/mol. The highest BCUT2D eigenvalue weighted by Crippen LogP contribution is 2.44. The molecule has 1 atom stereocenters. The highest BCUT2D eigenvalue weighted by Gasteiger charge is 2.35. The molecule has 3 rings (SSSR count). The molecule has 3 aromatic rings. The molecule has 0 saturated heterocycles. The van der Waals surface area contributed by atoms with Gasteiger partial charge in [-0.05, 0) is 26.8 Å². The molecule has 0 bridgehead atoms. The van der Waals surface area contributed by atoms with E-state index in [1.807, 2.05) is 46.0 Å². The van der Waals surface area contributed by atoms with Crippen LogP contribution in [0, 0.1) is 6.92 Å². The molecule has 2 aromatic heterocycles. The van der Waals surface area contributed by atoms with Crippen molar-refractivity contribution in [1.29, 1.82) is 0 Å². The van der Waals surface area contributed by atoms with Gasteiger partial charge in [-0.3, -0.25) is 0 Å². The molecule has 2 heterocycles. The van der Waals surface area contributed by atoms with Crippen LogP contribution in [-0.4, -0.2) is 20.4 Å². The SMILES string of the molecule is Cc1onc(C(C)(C)C)c1-c1c(C(O)C(C)(C)N)c2ccccc2n1C. The second kappa shape index (κ2) is 5.96. The topological polar surface area (TPSA) is 77.2 Å². The van der Waals surface area contributed by atoms with Gasteiger partial charge in [-0.1, -0.05) is 44.1 Å². The van der Waals surface area contributed by atoms with Crippen molar-refractivity contribution in [3.8, 4) is 11.3 Å². The van der Waals surface area contributed by atoms with Crippen LogP contribution in [0.4, 0.5) is 0 Å². The fourth-order valence-electron chi connectivity index (χ4n) is 3.54. The number of nitrogens with zero attached hydrogens (tertiary/aromatic N) is 2. The van der Waals surface area contributed by atoms with Crippen LogP contribution in [-0.2, 0) is 12.5 Å². The van der Waals surface area contributed by atoms with Crippen molar-refractivity contribution < 1.29 is 9.63 Å². The molecular formula is C21H29N3O2. The number of hydrogen-bond donors (Lipinski definition) is 2. The number of nitrogens with two attached hydrogens (primary N) is 1. The lowest BCUT2D eigenvalue weighted by molar-refractivity contribution is 0.106. The zero-order valence-electron chi connectivity index (χ0n) is 16.7.